The van der Waals surface area contributed by atoms with Crippen LogP contribution in [0.1, 0.15) is 10.4 Å². The number of alkyl halides is 3. The molecular weight excluding hydrogens is 297 g/mol. The lowest BCUT2D eigenvalue weighted by molar-refractivity contribution is -0.137. The van der Waals surface area contributed by atoms with Crippen molar-refractivity contribution < 1.29 is 13.2 Å². The van der Waals surface area contributed by atoms with Crippen LogP contribution in [0.25, 0.3) is 0 Å². The Morgan fingerprint density at radius 1 is 1.26 bits per heavy atom. The van der Waals surface area contributed by atoms with Crippen LogP contribution in [-0.2, 0) is 12.7 Å². The summed E-state index contributed by atoms with van der Waals surface area (Å²) in [5.41, 5.74) is 6.05. The molecule has 0 bridgehead atoms. The molecule has 0 amide bonds. The van der Waals surface area contributed by atoms with E-state index in [9.17, 15) is 13.2 Å². The number of thiophene rings is 1. The normalized spacial score (nSPS) is 11.6. The van der Waals surface area contributed by atoms with E-state index in [1.165, 1.54) is 17.4 Å². The molecule has 1 heterocycles. The smallest absolute Gasteiger partial charge is 0.398 e. The number of rotatable bonds is 3. The van der Waals surface area contributed by atoms with E-state index in [0.717, 1.165) is 17.0 Å². The first-order valence-corrected chi connectivity index (χ1v) is 6.56. The van der Waals surface area contributed by atoms with Gasteiger partial charge in [-0.2, -0.15) is 13.2 Å². The molecule has 0 radical (unpaired) electrons. The number of hydrogen-bond donors (Lipinski definition) is 2. The summed E-state index contributed by atoms with van der Waals surface area (Å²) in [5, 5.41) is 4.85. The van der Waals surface area contributed by atoms with Crippen LogP contribution in [0.5, 0.6) is 0 Å². The number of halogens is 4. The average Bonchev–Trinajstić information content (AvgIpc) is 2.72. The number of benzene rings is 1. The van der Waals surface area contributed by atoms with Crippen LogP contribution in [0, 0.1) is 0 Å². The summed E-state index contributed by atoms with van der Waals surface area (Å²) in [6, 6.07) is 4.98. The molecule has 0 aliphatic heterocycles. The molecule has 2 nitrogen and oxygen atoms in total. The van der Waals surface area contributed by atoms with Crippen molar-refractivity contribution >= 4 is 34.3 Å². The molecule has 0 fully saturated rings. The number of hydrogen-bond acceptors (Lipinski definition) is 3. The number of anilines is 2. The standard InChI is InChI=1S/C12H10ClF3N2S/c13-8-5-7(12(14,15)16)1-2-10(8)18-6-11-9(17)3-4-19-11/h1-5,18H,6,17H2. The molecule has 1 aromatic carbocycles. The van der Waals surface area contributed by atoms with Gasteiger partial charge in [0.1, 0.15) is 0 Å². The fourth-order valence-electron chi connectivity index (χ4n) is 1.50. The summed E-state index contributed by atoms with van der Waals surface area (Å²) < 4.78 is 37.4. The molecule has 2 rings (SSSR count). The molecule has 0 saturated heterocycles. The van der Waals surface area contributed by atoms with Gasteiger partial charge in [0, 0.05) is 10.6 Å². The molecule has 19 heavy (non-hydrogen) atoms. The minimum Gasteiger partial charge on any atom is -0.398 e. The molecule has 0 saturated carbocycles. The summed E-state index contributed by atoms with van der Waals surface area (Å²) in [6.45, 7) is 0.425. The van der Waals surface area contributed by atoms with E-state index in [1.807, 2.05) is 5.38 Å². The lowest BCUT2D eigenvalue weighted by Crippen LogP contribution is -2.06. The third-order valence-electron chi connectivity index (χ3n) is 2.52. The summed E-state index contributed by atoms with van der Waals surface area (Å²) in [4.78, 5) is 0.913. The Balaban J connectivity index is 2.12. The SMILES string of the molecule is Nc1ccsc1CNc1ccc(C(F)(F)F)cc1Cl. The first-order valence-electron chi connectivity index (χ1n) is 5.30. The van der Waals surface area contributed by atoms with Gasteiger partial charge in [-0.05, 0) is 29.6 Å². The molecule has 0 aliphatic rings. The molecule has 3 N–H and O–H groups in total. The first kappa shape index (κ1) is 14.0. The number of nitrogens with two attached hydrogens (primary N) is 1. The van der Waals surface area contributed by atoms with E-state index in [2.05, 4.69) is 5.32 Å². The van der Waals surface area contributed by atoms with Crippen molar-refractivity contribution in [3.05, 3.63) is 45.1 Å². The van der Waals surface area contributed by atoms with Gasteiger partial charge < -0.3 is 11.1 Å². The Kier molecular flexibility index (Phi) is 3.91. The zero-order valence-electron chi connectivity index (χ0n) is 9.59. The van der Waals surface area contributed by atoms with Crippen molar-refractivity contribution in [3.63, 3.8) is 0 Å². The van der Waals surface area contributed by atoms with Crippen molar-refractivity contribution in [1.29, 1.82) is 0 Å². The van der Waals surface area contributed by atoms with E-state index >= 15 is 0 Å². The number of nitrogens with one attached hydrogen (secondary N) is 1. The highest BCUT2D eigenvalue weighted by molar-refractivity contribution is 7.10. The second-order valence-corrected chi connectivity index (χ2v) is 5.25. The van der Waals surface area contributed by atoms with Crippen molar-refractivity contribution in [3.8, 4) is 0 Å². The van der Waals surface area contributed by atoms with Crippen LogP contribution in [0.2, 0.25) is 5.02 Å². The monoisotopic (exact) mass is 306 g/mol. The lowest BCUT2D eigenvalue weighted by Gasteiger charge is -2.11. The molecule has 0 unspecified atom stereocenters. The van der Waals surface area contributed by atoms with Gasteiger partial charge in [-0.3, -0.25) is 0 Å². The van der Waals surface area contributed by atoms with Crippen LogP contribution in [0.4, 0.5) is 24.5 Å². The Labute approximate surface area is 117 Å². The first-order chi connectivity index (χ1) is 8.88. The van der Waals surface area contributed by atoms with Gasteiger partial charge in [0.15, 0.2) is 0 Å². The summed E-state index contributed by atoms with van der Waals surface area (Å²) in [5.74, 6) is 0. The van der Waals surface area contributed by atoms with Crippen molar-refractivity contribution in [1.82, 2.24) is 0 Å². The third-order valence-corrected chi connectivity index (χ3v) is 3.77. The minimum atomic E-state index is -4.39. The molecule has 0 spiro atoms. The van der Waals surface area contributed by atoms with Crippen LogP contribution >= 0.6 is 22.9 Å². The topological polar surface area (TPSA) is 38.0 Å². The average molecular weight is 307 g/mol. The van der Waals surface area contributed by atoms with Gasteiger partial charge >= 0.3 is 6.18 Å². The van der Waals surface area contributed by atoms with Gasteiger partial charge in [-0.25, -0.2) is 0 Å². The van der Waals surface area contributed by atoms with Gasteiger partial charge in [0.05, 0.1) is 22.8 Å². The zero-order valence-corrected chi connectivity index (χ0v) is 11.2. The zero-order chi connectivity index (χ0) is 14.0. The maximum absolute atomic E-state index is 12.5. The fourth-order valence-corrected chi connectivity index (χ4v) is 2.49. The highest BCUT2D eigenvalue weighted by Gasteiger charge is 2.30. The molecule has 0 aliphatic carbocycles. The molecule has 1 aromatic heterocycles. The van der Waals surface area contributed by atoms with Crippen LogP contribution in [-0.4, -0.2) is 0 Å². The Morgan fingerprint density at radius 2 is 2.00 bits per heavy atom. The fraction of sp³-hybridized carbons (Fsp3) is 0.167. The summed E-state index contributed by atoms with van der Waals surface area (Å²) >= 11 is 7.30. The highest BCUT2D eigenvalue weighted by atomic mass is 35.5. The van der Waals surface area contributed by atoms with E-state index in [4.69, 9.17) is 17.3 Å². The predicted octanol–water partition coefficient (Wildman–Crippen LogP) is 4.61. The van der Waals surface area contributed by atoms with Gasteiger partial charge in [0.2, 0.25) is 0 Å². The van der Waals surface area contributed by atoms with Crippen molar-refractivity contribution in [2.24, 2.45) is 0 Å². The summed E-state index contributed by atoms with van der Waals surface area (Å²) in [6.07, 6.45) is -4.39. The second-order valence-electron chi connectivity index (χ2n) is 3.85. The molecule has 7 heteroatoms. The predicted molar refractivity (Wildman–Crippen MR) is 72.5 cm³/mol. The maximum Gasteiger partial charge on any atom is 0.416 e. The van der Waals surface area contributed by atoms with Gasteiger partial charge in [-0.15, -0.1) is 11.3 Å². The largest absolute Gasteiger partial charge is 0.416 e. The summed E-state index contributed by atoms with van der Waals surface area (Å²) in [7, 11) is 0. The van der Waals surface area contributed by atoms with E-state index in [0.29, 0.717) is 17.9 Å². The molecular formula is C12H10ClF3N2S. The highest BCUT2D eigenvalue weighted by Crippen LogP contribution is 2.34. The minimum absolute atomic E-state index is 0.0324. The molecule has 102 valence electrons. The van der Waals surface area contributed by atoms with Crippen LogP contribution < -0.4 is 11.1 Å². The lowest BCUT2D eigenvalue weighted by atomic mass is 10.2. The van der Waals surface area contributed by atoms with Crippen LogP contribution in [0.15, 0.2) is 29.6 Å². The van der Waals surface area contributed by atoms with Crippen LogP contribution in [0.3, 0.4) is 0 Å². The van der Waals surface area contributed by atoms with E-state index < -0.39 is 11.7 Å². The Morgan fingerprint density at radius 3 is 2.53 bits per heavy atom. The van der Waals surface area contributed by atoms with Gasteiger partial charge in [0.25, 0.3) is 0 Å². The Bertz CT molecular complexity index is 581. The van der Waals surface area contributed by atoms with Crippen molar-refractivity contribution in [2.45, 2.75) is 12.7 Å². The number of nitrogen functional groups attached to an aromatic ring is 1. The quantitative estimate of drug-likeness (QED) is 0.868. The third kappa shape index (κ3) is 3.33. The molecule has 2 aromatic rings. The maximum atomic E-state index is 12.5. The second kappa shape index (κ2) is 5.30. The molecule has 0 atom stereocenters. The Hall–Kier alpha value is -1.40. The van der Waals surface area contributed by atoms with Gasteiger partial charge in [-0.1, -0.05) is 11.6 Å². The van der Waals surface area contributed by atoms with Crippen molar-refractivity contribution in [2.75, 3.05) is 11.1 Å². The van der Waals surface area contributed by atoms with E-state index in [-0.39, 0.29) is 5.02 Å². The van der Waals surface area contributed by atoms with E-state index in [1.54, 1.807) is 6.07 Å².